The molecule has 0 N–H and O–H groups in total. The number of nitrogens with zero attached hydrogens (tertiary/aromatic N) is 1. The third-order valence-corrected chi connectivity index (χ3v) is 3.47. The summed E-state index contributed by atoms with van der Waals surface area (Å²) in [6, 6.07) is 20.1. The van der Waals surface area contributed by atoms with Gasteiger partial charge in [0.25, 0.3) is 0 Å². The van der Waals surface area contributed by atoms with Crippen LogP contribution in [0.4, 0.5) is 4.79 Å². The Morgan fingerprint density at radius 2 is 1.55 bits per heavy atom. The van der Waals surface area contributed by atoms with Crippen LogP contribution in [-0.2, 0) is 17.7 Å². The van der Waals surface area contributed by atoms with Crippen molar-refractivity contribution in [1.29, 1.82) is 0 Å². The molecular weight excluding hydrogens is 250 g/mol. The zero-order valence-electron chi connectivity index (χ0n) is 11.2. The van der Waals surface area contributed by atoms with Gasteiger partial charge >= 0.3 is 6.09 Å². The van der Waals surface area contributed by atoms with Gasteiger partial charge in [-0.05, 0) is 11.1 Å². The van der Waals surface area contributed by atoms with Crippen LogP contribution in [0.1, 0.15) is 11.1 Å². The lowest BCUT2D eigenvalue weighted by molar-refractivity contribution is 0.132. The molecule has 0 radical (unpaired) electrons. The van der Waals surface area contributed by atoms with E-state index in [2.05, 4.69) is 12.1 Å². The van der Waals surface area contributed by atoms with Crippen LogP contribution in [0.25, 0.3) is 0 Å². The molecule has 3 rings (SSSR count). The smallest absolute Gasteiger partial charge is 0.410 e. The van der Waals surface area contributed by atoms with Crippen LogP contribution in [0.2, 0.25) is 0 Å². The van der Waals surface area contributed by atoms with Crippen molar-refractivity contribution >= 4 is 6.09 Å². The average molecular weight is 267 g/mol. The fourth-order valence-electron chi connectivity index (χ4n) is 2.49. The zero-order chi connectivity index (χ0) is 13.8. The van der Waals surface area contributed by atoms with E-state index < -0.39 is 0 Å². The first-order valence-electron chi connectivity index (χ1n) is 6.84. The second kappa shape index (κ2) is 5.78. The summed E-state index contributed by atoms with van der Waals surface area (Å²) >= 11 is 0. The summed E-state index contributed by atoms with van der Waals surface area (Å²) in [6.07, 6.45) is 0.515. The number of carbonyl (C=O) groups excluding carboxylic acids is 1. The number of ether oxygens (including phenoxy) is 1. The molecular formula is C17H17NO2. The molecule has 20 heavy (non-hydrogen) atoms. The highest BCUT2D eigenvalue weighted by Gasteiger charge is 2.30. The highest BCUT2D eigenvalue weighted by molar-refractivity contribution is 5.70. The van der Waals surface area contributed by atoms with E-state index in [4.69, 9.17) is 4.74 Å². The minimum Gasteiger partial charge on any atom is -0.444 e. The van der Waals surface area contributed by atoms with E-state index >= 15 is 0 Å². The lowest BCUT2D eigenvalue weighted by Crippen LogP contribution is -2.25. The van der Waals surface area contributed by atoms with Crippen molar-refractivity contribution in [2.45, 2.75) is 19.1 Å². The predicted octanol–water partition coefficient (Wildman–Crippen LogP) is 3.25. The second-order valence-electron chi connectivity index (χ2n) is 5.06. The Hall–Kier alpha value is -2.29. The standard InChI is InChI=1S/C17H17NO2/c19-17-18(12-15-9-5-2-6-10-15)13-16(20-17)11-14-7-3-1-4-8-14/h1-10,16H,11-13H2. The molecule has 0 saturated carbocycles. The van der Waals surface area contributed by atoms with Crippen molar-refractivity contribution in [2.24, 2.45) is 0 Å². The largest absolute Gasteiger partial charge is 0.444 e. The van der Waals surface area contributed by atoms with Crippen molar-refractivity contribution in [1.82, 2.24) is 4.90 Å². The predicted molar refractivity (Wildman–Crippen MR) is 77.3 cm³/mol. The van der Waals surface area contributed by atoms with Crippen molar-refractivity contribution < 1.29 is 9.53 Å². The Morgan fingerprint density at radius 1 is 0.950 bits per heavy atom. The molecule has 1 aliphatic heterocycles. The summed E-state index contributed by atoms with van der Waals surface area (Å²) in [5.41, 5.74) is 2.33. The van der Waals surface area contributed by atoms with E-state index in [1.165, 1.54) is 5.56 Å². The Labute approximate surface area is 118 Å². The number of hydrogen-bond acceptors (Lipinski definition) is 2. The second-order valence-corrected chi connectivity index (χ2v) is 5.06. The molecule has 1 heterocycles. The van der Waals surface area contributed by atoms with Crippen LogP contribution in [0, 0.1) is 0 Å². The number of benzene rings is 2. The molecule has 1 amide bonds. The fourth-order valence-corrected chi connectivity index (χ4v) is 2.49. The Balaban J connectivity index is 1.61. The van der Waals surface area contributed by atoms with Crippen LogP contribution in [-0.4, -0.2) is 23.6 Å². The minimum absolute atomic E-state index is 0.0476. The van der Waals surface area contributed by atoms with Crippen molar-refractivity contribution in [3.05, 3.63) is 71.8 Å². The molecule has 3 nitrogen and oxygen atoms in total. The third-order valence-electron chi connectivity index (χ3n) is 3.47. The molecule has 1 unspecified atom stereocenters. The van der Waals surface area contributed by atoms with E-state index in [0.717, 1.165) is 12.0 Å². The summed E-state index contributed by atoms with van der Waals surface area (Å²) < 4.78 is 5.44. The van der Waals surface area contributed by atoms with E-state index in [0.29, 0.717) is 13.1 Å². The molecule has 3 heteroatoms. The van der Waals surface area contributed by atoms with Gasteiger partial charge in [0.2, 0.25) is 0 Å². The van der Waals surface area contributed by atoms with Gasteiger partial charge in [-0.3, -0.25) is 0 Å². The van der Waals surface area contributed by atoms with Crippen LogP contribution in [0.3, 0.4) is 0 Å². The van der Waals surface area contributed by atoms with Gasteiger partial charge in [0.1, 0.15) is 6.10 Å². The summed E-state index contributed by atoms with van der Waals surface area (Å²) in [7, 11) is 0. The molecule has 0 aliphatic carbocycles. The monoisotopic (exact) mass is 267 g/mol. The Morgan fingerprint density at radius 3 is 2.20 bits per heavy atom. The Bertz CT molecular complexity index is 568. The molecule has 1 aliphatic rings. The van der Waals surface area contributed by atoms with Crippen LogP contribution < -0.4 is 0 Å². The van der Waals surface area contributed by atoms with Gasteiger partial charge < -0.3 is 9.64 Å². The number of cyclic esters (lactones) is 1. The molecule has 102 valence electrons. The minimum atomic E-state index is -0.213. The topological polar surface area (TPSA) is 29.5 Å². The molecule has 0 aromatic heterocycles. The van der Waals surface area contributed by atoms with Gasteiger partial charge in [-0.15, -0.1) is 0 Å². The van der Waals surface area contributed by atoms with E-state index in [1.54, 1.807) is 4.90 Å². The average Bonchev–Trinajstić information content (AvgIpc) is 2.81. The maximum atomic E-state index is 11.9. The van der Waals surface area contributed by atoms with Crippen molar-refractivity contribution in [3.63, 3.8) is 0 Å². The van der Waals surface area contributed by atoms with Gasteiger partial charge in [-0.1, -0.05) is 60.7 Å². The molecule has 0 spiro atoms. The van der Waals surface area contributed by atoms with Gasteiger partial charge in [0, 0.05) is 13.0 Å². The molecule has 1 atom stereocenters. The van der Waals surface area contributed by atoms with Gasteiger partial charge in [0.05, 0.1) is 6.54 Å². The first-order valence-corrected chi connectivity index (χ1v) is 6.84. The van der Waals surface area contributed by atoms with Gasteiger partial charge in [-0.25, -0.2) is 4.79 Å². The van der Waals surface area contributed by atoms with Gasteiger partial charge in [0.15, 0.2) is 0 Å². The van der Waals surface area contributed by atoms with E-state index in [-0.39, 0.29) is 12.2 Å². The summed E-state index contributed by atoms with van der Waals surface area (Å²) in [6.45, 7) is 1.27. The van der Waals surface area contributed by atoms with E-state index in [1.807, 2.05) is 48.5 Å². The first-order chi connectivity index (χ1) is 9.81. The third kappa shape index (κ3) is 2.99. The lowest BCUT2D eigenvalue weighted by atomic mass is 10.1. The summed E-state index contributed by atoms with van der Waals surface area (Å²) in [5, 5.41) is 0. The zero-order valence-corrected chi connectivity index (χ0v) is 11.2. The quantitative estimate of drug-likeness (QED) is 0.851. The number of hydrogen-bond donors (Lipinski definition) is 0. The first kappa shape index (κ1) is 12.7. The SMILES string of the molecule is O=C1OC(Cc2ccccc2)CN1Cc1ccccc1. The van der Waals surface area contributed by atoms with Gasteiger partial charge in [-0.2, -0.15) is 0 Å². The molecule has 1 fully saturated rings. The number of amides is 1. The van der Waals surface area contributed by atoms with Crippen molar-refractivity contribution in [3.8, 4) is 0 Å². The van der Waals surface area contributed by atoms with Crippen LogP contribution >= 0.6 is 0 Å². The number of rotatable bonds is 4. The number of carbonyl (C=O) groups is 1. The maximum absolute atomic E-state index is 11.9. The van der Waals surface area contributed by atoms with Crippen molar-refractivity contribution in [2.75, 3.05) is 6.54 Å². The van der Waals surface area contributed by atoms with E-state index in [9.17, 15) is 4.79 Å². The molecule has 2 aromatic rings. The molecule has 2 aromatic carbocycles. The molecule has 1 saturated heterocycles. The lowest BCUT2D eigenvalue weighted by Gasteiger charge is -2.12. The summed E-state index contributed by atoms with van der Waals surface area (Å²) in [5.74, 6) is 0. The van der Waals surface area contributed by atoms with Crippen LogP contribution in [0.5, 0.6) is 0 Å². The molecule has 0 bridgehead atoms. The summed E-state index contributed by atoms with van der Waals surface area (Å²) in [4.78, 5) is 13.6. The Kier molecular flexibility index (Phi) is 3.68. The highest BCUT2D eigenvalue weighted by Crippen LogP contribution is 2.18. The normalized spacial score (nSPS) is 18.1. The maximum Gasteiger partial charge on any atom is 0.410 e. The highest BCUT2D eigenvalue weighted by atomic mass is 16.6. The fraction of sp³-hybridized carbons (Fsp3) is 0.235. The van der Waals surface area contributed by atoms with Crippen LogP contribution in [0.15, 0.2) is 60.7 Å².